The number of hydrogen-bond donors (Lipinski definition) is 1. The second kappa shape index (κ2) is 5.47. The minimum atomic E-state index is 0.572. The van der Waals surface area contributed by atoms with Crippen LogP contribution in [0.4, 0.5) is 5.69 Å². The number of rotatable bonds is 4. The molecule has 1 aromatic heterocycles. The highest BCUT2D eigenvalue weighted by atomic mass is 15.2. The van der Waals surface area contributed by atoms with E-state index in [1.54, 1.807) is 6.20 Å². The summed E-state index contributed by atoms with van der Waals surface area (Å²) in [7, 11) is 4.33. The molecule has 4 nitrogen and oxygen atoms in total. The summed E-state index contributed by atoms with van der Waals surface area (Å²) in [5.41, 5.74) is 8.09. The highest BCUT2D eigenvalue weighted by Crippen LogP contribution is 2.21. The van der Waals surface area contributed by atoms with Crippen LogP contribution in [0.2, 0.25) is 0 Å². The zero-order chi connectivity index (χ0) is 12.3. The van der Waals surface area contributed by atoms with Crippen molar-refractivity contribution < 1.29 is 0 Å². The molecular formula is C13H22N4. The van der Waals surface area contributed by atoms with Crippen molar-refractivity contribution in [3.63, 3.8) is 0 Å². The molecule has 0 bridgehead atoms. The lowest BCUT2D eigenvalue weighted by atomic mass is 10.1. The van der Waals surface area contributed by atoms with Crippen molar-refractivity contribution in [3.05, 3.63) is 24.0 Å². The van der Waals surface area contributed by atoms with Gasteiger partial charge in [-0.15, -0.1) is 0 Å². The number of nitrogens with zero attached hydrogens (tertiary/aromatic N) is 3. The Labute approximate surface area is 103 Å². The first kappa shape index (κ1) is 12.3. The number of nitrogens with two attached hydrogens (primary N) is 1. The van der Waals surface area contributed by atoms with Gasteiger partial charge in [0.05, 0.1) is 11.9 Å². The van der Waals surface area contributed by atoms with Crippen LogP contribution in [0.5, 0.6) is 0 Å². The van der Waals surface area contributed by atoms with Crippen molar-refractivity contribution in [2.24, 2.45) is 5.73 Å². The van der Waals surface area contributed by atoms with Crippen LogP contribution in [0.15, 0.2) is 18.5 Å². The zero-order valence-electron chi connectivity index (χ0n) is 10.8. The number of likely N-dealkylation sites (tertiary alicyclic amines) is 1. The first-order valence-corrected chi connectivity index (χ1v) is 6.26. The van der Waals surface area contributed by atoms with Crippen molar-refractivity contribution >= 4 is 5.69 Å². The third-order valence-corrected chi connectivity index (χ3v) is 3.67. The molecule has 0 radical (unpaired) electrons. The lowest BCUT2D eigenvalue weighted by molar-refractivity contribution is 0.314. The Kier molecular flexibility index (Phi) is 3.97. The maximum absolute atomic E-state index is 5.76. The van der Waals surface area contributed by atoms with Crippen molar-refractivity contribution in [3.8, 4) is 0 Å². The number of pyridine rings is 1. The summed E-state index contributed by atoms with van der Waals surface area (Å²) in [4.78, 5) is 8.92. The van der Waals surface area contributed by atoms with Crippen LogP contribution >= 0.6 is 0 Å². The molecule has 17 heavy (non-hydrogen) atoms. The molecule has 1 atom stereocenters. The van der Waals surface area contributed by atoms with Crippen LogP contribution in [0.3, 0.4) is 0 Å². The van der Waals surface area contributed by atoms with Crippen molar-refractivity contribution in [1.82, 2.24) is 9.88 Å². The topological polar surface area (TPSA) is 45.4 Å². The lowest BCUT2D eigenvalue weighted by Crippen LogP contribution is -2.37. The van der Waals surface area contributed by atoms with E-state index in [2.05, 4.69) is 28.9 Å². The Balaban J connectivity index is 2.06. The fraction of sp³-hybridized carbons (Fsp3) is 0.615. The van der Waals surface area contributed by atoms with E-state index in [1.807, 2.05) is 12.3 Å². The molecule has 0 aliphatic carbocycles. The molecule has 1 aliphatic heterocycles. The summed E-state index contributed by atoms with van der Waals surface area (Å²) < 4.78 is 0. The Bertz CT molecular complexity index is 366. The third-order valence-electron chi connectivity index (χ3n) is 3.67. The molecule has 0 amide bonds. The molecule has 2 rings (SSSR count). The Morgan fingerprint density at radius 3 is 3.06 bits per heavy atom. The zero-order valence-corrected chi connectivity index (χ0v) is 10.8. The average Bonchev–Trinajstić information content (AvgIpc) is 2.75. The summed E-state index contributed by atoms with van der Waals surface area (Å²) in [6.45, 7) is 2.84. The van der Waals surface area contributed by atoms with E-state index >= 15 is 0 Å². The largest absolute Gasteiger partial charge is 0.372 e. The van der Waals surface area contributed by atoms with Gasteiger partial charge in [0, 0.05) is 32.4 Å². The monoisotopic (exact) mass is 234 g/mol. The molecule has 94 valence electrons. The Morgan fingerprint density at radius 2 is 2.41 bits per heavy atom. The first-order chi connectivity index (χ1) is 8.22. The minimum absolute atomic E-state index is 0.572. The van der Waals surface area contributed by atoms with Gasteiger partial charge in [0.1, 0.15) is 0 Å². The van der Waals surface area contributed by atoms with E-state index in [9.17, 15) is 0 Å². The molecule has 0 aromatic carbocycles. The maximum Gasteiger partial charge on any atom is 0.0596 e. The summed E-state index contributed by atoms with van der Waals surface area (Å²) >= 11 is 0. The smallest absolute Gasteiger partial charge is 0.0596 e. The van der Waals surface area contributed by atoms with Gasteiger partial charge < -0.3 is 15.5 Å². The van der Waals surface area contributed by atoms with Gasteiger partial charge in [0.15, 0.2) is 0 Å². The fourth-order valence-electron chi connectivity index (χ4n) is 2.56. The fourth-order valence-corrected chi connectivity index (χ4v) is 2.56. The van der Waals surface area contributed by atoms with Gasteiger partial charge in [-0.1, -0.05) is 0 Å². The van der Waals surface area contributed by atoms with Crippen molar-refractivity contribution in [2.75, 3.05) is 32.1 Å². The van der Waals surface area contributed by atoms with Gasteiger partial charge in [0.2, 0.25) is 0 Å². The van der Waals surface area contributed by atoms with Gasteiger partial charge in [-0.05, 0) is 38.1 Å². The van der Waals surface area contributed by atoms with Crippen LogP contribution in [0.25, 0.3) is 0 Å². The number of aromatic nitrogens is 1. The number of anilines is 1. The summed E-state index contributed by atoms with van der Waals surface area (Å²) in [6, 6.07) is 2.66. The third kappa shape index (κ3) is 2.76. The molecule has 4 heteroatoms. The Morgan fingerprint density at radius 1 is 1.59 bits per heavy atom. The second-order valence-corrected chi connectivity index (χ2v) is 4.87. The second-order valence-electron chi connectivity index (χ2n) is 4.87. The molecular weight excluding hydrogens is 212 g/mol. The maximum atomic E-state index is 5.76. The van der Waals surface area contributed by atoms with Gasteiger partial charge >= 0.3 is 0 Å². The summed E-state index contributed by atoms with van der Waals surface area (Å²) in [5.74, 6) is 0. The van der Waals surface area contributed by atoms with E-state index in [0.717, 1.165) is 12.2 Å². The predicted molar refractivity (Wildman–Crippen MR) is 71.1 cm³/mol. The van der Waals surface area contributed by atoms with E-state index in [4.69, 9.17) is 5.73 Å². The van der Waals surface area contributed by atoms with Gasteiger partial charge in [-0.25, -0.2) is 0 Å². The summed E-state index contributed by atoms with van der Waals surface area (Å²) in [5, 5.41) is 0. The standard InChI is InChI=1S/C13H22N4/c1-16-7-3-4-12(16)10-17(2)13-9-15-6-5-11(13)8-14/h5-6,9,12H,3-4,7-8,10,14H2,1-2H3. The molecule has 2 N–H and O–H groups in total. The van der Waals surface area contributed by atoms with Gasteiger partial charge in [-0.3, -0.25) is 4.98 Å². The van der Waals surface area contributed by atoms with Crippen LogP contribution in [0, 0.1) is 0 Å². The van der Waals surface area contributed by atoms with Crippen LogP contribution in [-0.4, -0.2) is 43.1 Å². The van der Waals surface area contributed by atoms with Crippen LogP contribution in [0.1, 0.15) is 18.4 Å². The molecule has 2 heterocycles. The molecule has 1 fully saturated rings. The SMILES string of the molecule is CN(CC1CCCN1C)c1cnccc1CN. The highest BCUT2D eigenvalue weighted by molar-refractivity contribution is 5.51. The molecule has 0 spiro atoms. The molecule has 1 unspecified atom stereocenters. The molecule has 0 saturated carbocycles. The highest BCUT2D eigenvalue weighted by Gasteiger charge is 2.22. The minimum Gasteiger partial charge on any atom is -0.372 e. The average molecular weight is 234 g/mol. The van der Waals surface area contributed by atoms with E-state index < -0.39 is 0 Å². The first-order valence-electron chi connectivity index (χ1n) is 6.26. The van der Waals surface area contributed by atoms with Gasteiger partial charge in [0.25, 0.3) is 0 Å². The van der Waals surface area contributed by atoms with E-state index in [1.165, 1.54) is 24.9 Å². The predicted octanol–water partition coefficient (Wildman–Crippen LogP) is 1.07. The van der Waals surface area contributed by atoms with E-state index in [0.29, 0.717) is 12.6 Å². The quantitative estimate of drug-likeness (QED) is 0.846. The normalized spacial score (nSPS) is 20.8. The summed E-state index contributed by atoms with van der Waals surface area (Å²) in [6.07, 6.45) is 6.32. The number of likely N-dealkylation sites (N-methyl/N-ethyl adjacent to an activating group) is 2. The molecule has 1 aliphatic rings. The van der Waals surface area contributed by atoms with E-state index in [-0.39, 0.29) is 0 Å². The lowest BCUT2D eigenvalue weighted by Gasteiger charge is -2.28. The number of hydrogen-bond acceptors (Lipinski definition) is 4. The van der Waals surface area contributed by atoms with Gasteiger partial charge in [-0.2, -0.15) is 0 Å². The van der Waals surface area contributed by atoms with Crippen LogP contribution in [-0.2, 0) is 6.54 Å². The molecule has 1 saturated heterocycles. The molecule has 1 aromatic rings. The Hall–Kier alpha value is -1.13. The van der Waals surface area contributed by atoms with Crippen molar-refractivity contribution in [2.45, 2.75) is 25.4 Å². The van der Waals surface area contributed by atoms with Crippen molar-refractivity contribution in [1.29, 1.82) is 0 Å². The van der Waals surface area contributed by atoms with Crippen LogP contribution < -0.4 is 10.6 Å².